The lowest BCUT2D eigenvalue weighted by molar-refractivity contribution is -0.118. The molecule has 1 heterocycles. The van der Waals surface area contributed by atoms with Gasteiger partial charge in [-0.05, 0) is 29.1 Å². The van der Waals surface area contributed by atoms with Crippen molar-refractivity contribution in [3.63, 3.8) is 0 Å². The van der Waals surface area contributed by atoms with E-state index in [2.05, 4.69) is 5.32 Å². The van der Waals surface area contributed by atoms with Gasteiger partial charge in [0.05, 0.1) is 5.56 Å². The molecule has 2 aromatic rings. The Morgan fingerprint density at radius 3 is 2.81 bits per heavy atom. The number of hydrogen-bond acceptors (Lipinski definition) is 5. The summed E-state index contributed by atoms with van der Waals surface area (Å²) in [5, 5.41) is 4.70. The number of carbonyl (C=O) groups excluding carboxylic acids is 2. The number of hydrogen-bond donors (Lipinski definition) is 3. The van der Waals surface area contributed by atoms with E-state index in [1.807, 2.05) is 6.07 Å². The summed E-state index contributed by atoms with van der Waals surface area (Å²) in [5.74, 6) is -0.379. The van der Waals surface area contributed by atoms with Crippen molar-refractivity contribution in [1.82, 2.24) is 0 Å². The summed E-state index contributed by atoms with van der Waals surface area (Å²) in [6.07, 6.45) is 0. The first-order valence-electron chi connectivity index (χ1n) is 6.19. The summed E-state index contributed by atoms with van der Waals surface area (Å²) in [6, 6.07) is 8.76. The zero-order valence-electron chi connectivity index (χ0n) is 11.2. The second-order valence-corrected chi connectivity index (χ2v) is 5.13. The van der Waals surface area contributed by atoms with Crippen molar-refractivity contribution in [3.05, 3.63) is 46.8 Å². The summed E-state index contributed by atoms with van der Waals surface area (Å²) >= 11 is 1.23. The molecule has 0 saturated heterocycles. The van der Waals surface area contributed by atoms with Crippen molar-refractivity contribution in [2.24, 2.45) is 11.5 Å². The Bertz CT molecular complexity index is 654. The van der Waals surface area contributed by atoms with Crippen LogP contribution in [0.2, 0.25) is 0 Å². The van der Waals surface area contributed by atoms with Crippen LogP contribution < -0.4 is 21.5 Å². The number of benzene rings is 1. The van der Waals surface area contributed by atoms with Crippen molar-refractivity contribution in [2.45, 2.75) is 6.54 Å². The monoisotopic (exact) mass is 305 g/mol. The van der Waals surface area contributed by atoms with E-state index in [4.69, 9.17) is 16.2 Å². The van der Waals surface area contributed by atoms with Crippen LogP contribution in [0, 0.1) is 0 Å². The van der Waals surface area contributed by atoms with E-state index >= 15 is 0 Å². The van der Waals surface area contributed by atoms with E-state index < -0.39 is 5.91 Å². The van der Waals surface area contributed by atoms with Crippen molar-refractivity contribution in [2.75, 3.05) is 11.9 Å². The Hall–Kier alpha value is -2.38. The molecular formula is C14H15N3O3S. The van der Waals surface area contributed by atoms with Crippen molar-refractivity contribution in [1.29, 1.82) is 0 Å². The molecular weight excluding hydrogens is 290 g/mol. The molecule has 6 nitrogen and oxygen atoms in total. The number of rotatable bonds is 6. The molecule has 0 bridgehead atoms. The van der Waals surface area contributed by atoms with Crippen LogP contribution in [0.1, 0.15) is 15.9 Å². The van der Waals surface area contributed by atoms with Crippen LogP contribution in [-0.2, 0) is 11.3 Å². The second kappa shape index (κ2) is 6.87. The minimum Gasteiger partial charge on any atom is -0.484 e. The zero-order valence-corrected chi connectivity index (χ0v) is 12.0. The molecule has 5 N–H and O–H groups in total. The number of anilines is 1. The van der Waals surface area contributed by atoms with Crippen LogP contribution in [0.5, 0.6) is 5.75 Å². The summed E-state index contributed by atoms with van der Waals surface area (Å²) in [5.41, 5.74) is 11.9. The van der Waals surface area contributed by atoms with Crippen molar-refractivity contribution < 1.29 is 14.3 Å². The number of thiophene rings is 1. The highest BCUT2D eigenvalue weighted by molar-refractivity contribution is 7.14. The average molecular weight is 305 g/mol. The maximum atomic E-state index is 11.8. The number of nitrogens with two attached hydrogens (primary N) is 2. The second-order valence-electron chi connectivity index (χ2n) is 4.22. The Kier molecular flexibility index (Phi) is 4.91. The van der Waals surface area contributed by atoms with Gasteiger partial charge in [0.15, 0.2) is 6.61 Å². The molecule has 0 radical (unpaired) electrons. The van der Waals surface area contributed by atoms with Crippen LogP contribution >= 0.6 is 11.3 Å². The Morgan fingerprint density at radius 1 is 1.29 bits per heavy atom. The van der Waals surface area contributed by atoms with Gasteiger partial charge >= 0.3 is 0 Å². The minimum absolute atomic E-state index is 0.163. The molecule has 1 aromatic heterocycles. The predicted molar refractivity (Wildman–Crippen MR) is 81.3 cm³/mol. The van der Waals surface area contributed by atoms with Crippen LogP contribution in [-0.4, -0.2) is 18.4 Å². The Morgan fingerprint density at radius 2 is 2.10 bits per heavy atom. The van der Waals surface area contributed by atoms with E-state index in [0.717, 1.165) is 5.56 Å². The number of ether oxygens (including phenoxy) is 1. The quantitative estimate of drug-likeness (QED) is 0.748. The lowest BCUT2D eigenvalue weighted by Gasteiger charge is -2.08. The maximum Gasteiger partial charge on any atom is 0.262 e. The molecule has 0 fully saturated rings. The smallest absolute Gasteiger partial charge is 0.262 e. The predicted octanol–water partition coefficient (Wildman–Crippen LogP) is 1.32. The highest BCUT2D eigenvalue weighted by atomic mass is 32.1. The van der Waals surface area contributed by atoms with Gasteiger partial charge in [-0.3, -0.25) is 9.59 Å². The van der Waals surface area contributed by atoms with Crippen LogP contribution in [0.25, 0.3) is 0 Å². The number of nitrogens with one attached hydrogen (secondary N) is 1. The minimum atomic E-state index is -0.580. The van der Waals surface area contributed by atoms with Gasteiger partial charge in [-0.15, -0.1) is 11.3 Å². The van der Waals surface area contributed by atoms with E-state index in [-0.39, 0.29) is 12.5 Å². The van der Waals surface area contributed by atoms with Gasteiger partial charge in [-0.1, -0.05) is 12.1 Å². The van der Waals surface area contributed by atoms with E-state index in [1.54, 1.807) is 29.6 Å². The van der Waals surface area contributed by atoms with E-state index in [9.17, 15) is 9.59 Å². The largest absolute Gasteiger partial charge is 0.484 e. The Labute approximate surface area is 125 Å². The fraction of sp³-hybridized carbons (Fsp3) is 0.143. The van der Waals surface area contributed by atoms with Crippen LogP contribution in [0.4, 0.5) is 5.00 Å². The summed E-state index contributed by atoms with van der Waals surface area (Å²) < 4.78 is 5.38. The average Bonchev–Trinajstić information content (AvgIpc) is 2.93. The zero-order chi connectivity index (χ0) is 15.2. The molecule has 0 aliphatic rings. The van der Waals surface area contributed by atoms with Crippen molar-refractivity contribution in [3.8, 4) is 5.75 Å². The molecule has 1 aromatic carbocycles. The number of primary amides is 1. The summed E-state index contributed by atoms with van der Waals surface area (Å²) in [6.45, 7) is 0.241. The molecule has 2 amide bonds. The van der Waals surface area contributed by atoms with E-state index in [1.165, 1.54) is 11.3 Å². The number of carbonyl (C=O) groups is 2. The molecule has 0 saturated carbocycles. The standard InChI is InChI=1S/C14H15N3O3S/c15-7-9-2-1-3-10(6-9)20-8-12(18)17-14-11(13(16)19)4-5-21-14/h1-6H,7-8,15H2,(H2,16,19)(H,17,18). The normalized spacial score (nSPS) is 10.1. The lowest BCUT2D eigenvalue weighted by atomic mass is 10.2. The molecule has 0 spiro atoms. The van der Waals surface area contributed by atoms with Crippen LogP contribution in [0.3, 0.4) is 0 Å². The third kappa shape index (κ3) is 4.04. The van der Waals surface area contributed by atoms with Gasteiger partial charge < -0.3 is 21.5 Å². The van der Waals surface area contributed by atoms with Gasteiger partial charge in [0.25, 0.3) is 11.8 Å². The van der Waals surface area contributed by atoms with Gasteiger partial charge in [-0.25, -0.2) is 0 Å². The topological polar surface area (TPSA) is 107 Å². The Balaban J connectivity index is 1.93. The molecule has 21 heavy (non-hydrogen) atoms. The van der Waals surface area contributed by atoms with Crippen molar-refractivity contribution >= 4 is 28.2 Å². The highest BCUT2D eigenvalue weighted by Gasteiger charge is 2.12. The van der Waals surface area contributed by atoms with Gasteiger partial charge in [0.1, 0.15) is 10.8 Å². The summed E-state index contributed by atoms with van der Waals surface area (Å²) in [4.78, 5) is 23.0. The molecule has 2 rings (SSSR count). The molecule has 110 valence electrons. The van der Waals surface area contributed by atoms with Gasteiger partial charge in [0, 0.05) is 6.54 Å². The first-order chi connectivity index (χ1) is 10.1. The summed E-state index contributed by atoms with van der Waals surface area (Å²) in [7, 11) is 0. The first-order valence-corrected chi connectivity index (χ1v) is 7.07. The van der Waals surface area contributed by atoms with E-state index in [0.29, 0.717) is 22.9 Å². The fourth-order valence-electron chi connectivity index (χ4n) is 1.67. The SMILES string of the molecule is NCc1cccc(OCC(=O)Nc2sccc2C(N)=O)c1. The number of amides is 2. The van der Waals surface area contributed by atoms with Gasteiger partial charge in [-0.2, -0.15) is 0 Å². The molecule has 0 aliphatic carbocycles. The van der Waals surface area contributed by atoms with Gasteiger partial charge in [0.2, 0.25) is 0 Å². The molecule has 7 heteroatoms. The third-order valence-electron chi connectivity index (χ3n) is 2.69. The third-order valence-corrected chi connectivity index (χ3v) is 3.52. The van der Waals surface area contributed by atoms with Crippen LogP contribution in [0.15, 0.2) is 35.7 Å². The molecule has 0 unspecified atom stereocenters. The molecule has 0 aliphatic heterocycles. The fourth-order valence-corrected chi connectivity index (χ4v) is 2.48. The first kappa shape index (κ1) is 15.0. The molecule has 0 atom stereocenters. The lowest BCUT2D eigenvalue weighted by Crippen LogP contribution is -2.21. The maximum absolute atomic E-state index is 11.8. The highest BCUT2D eigenvalue weighted by Crippen LogP contribution is 2.22.